The number of carbonyl (C=O) groups is 1. The maximum atomic E-state index is 10.6. The van der Waals surface area contributed by atoms with Crippen molar-refractivity contribution < 1.29 is 9.90 Å². The van der Waals surface area contributed by atoms with Crippen LogP contribution in [0.1, 0.15) is 43.7 Å². The molecular weight excluding hydrogens is 218 g/mol. The molecule has 2 rings (SSSR count). The quantitative estimate of drug-likeness (QED) is 0.865. The highest BCUT2D eigenvalue weighted by Gasteiger charge is 2.24. The average molecular weight is 233 g/mol. The molecule has 1 aliphatic rings. The molecule has 5 nitrogen and oxygen atoms in total. The van der Waals surface area contributed by atoms with Crippen LogP contribution in [0.4, 0.5) is 0 Å². The lowest BCUT2D eigenvalue weighted by molar-refractivity contribution is -0.138. The number of hydrogen-bond acceptors (Lipinski definition) is 3. The van der Waals surface area contributed by atoms with Gasteiger partial charge < -0.3 is 5.11 Å². The van der Waals surface area contributed by atoms with Gasteiger partial charge >= 0.3 is 5.97 Å². The molecule has 1 saturated carbocycles. The van der Waals surface area contributed by atoms with E-state index in [-0.39, 0.29) is 6.42 Å². The van der Waals surface area contributed by atoms with E-state index in [4.69, 9.17) is 10.4 Å². The van der Waals surface area contributed by atoms with Crippen molar-refractivity contribution in [3.63, 3.8) is 0 Å². The Bertz CT molecular complexity index is 439. The van der Waals surface area contributed by atoms with E-state index in [0.717, 1.165) is 25.7 Å². The average Bonchev–Trinajstić information content (AvgIpc) is 2.78. The molecule has 1 heterocycles. The Labute approximate surface area is 99.7 Å². The minimum absolute atomic E-state index is 0.273. The summed E-state index contributed by atoms with van der Waals surface area (Å²) in [4.78, 5) is 10.6. The van der Waals surface area contributed by atoms with E-state index in [1.165, 1.54) is 0 Å². The van der Waals surface area contributed by atoms with Crippen LogP contribution in [-0.4, -0.2) is 20.9 Å². The van der Waals surface area contributed by atoms with E-state index >= 15 is 0 Å². The first-order valence-electron chi connectivity index (χ1n) is 5.85. The second-order valence-electron chi connectivity index (χ2n) is 4.59. The minimum atomic E-state index is -0.709. The summed E-state index contributed by atoms with van der Waals surface area (Å²) in [6.07, 6.45) is 7.37. The van der Waals surface area contributed by atoms with Gasteiger partial charge in [0.05, 0.1) is 17.8 Å². The monoisotopic (exact) mass is 233 g/mol. The highest BCUT2D eigenvalue weighted by atomic mass is 16.4. The van der Waals surface area contributed by atoms with Gasteiger partial charge in [0, 0.05) is 12.6 Å². The van der Waals surface area contributed by atoms with Crippen molar-refractivity contribution >= 4 is 5.97 Å². The number of aliphatic carboxylic acids is 1. The molecule has 1 aromatic rings. The van der Waals surface area contributed by atoms with Gasteiger partial charge in [-0.15, -0.1) is 0 Å². The van der Waals surface area contributed by atoms with Crippen LogP contribution in [0, 0.1) is 17.2 Å². The first-order chi connectivity index (χ1) is 8.19. The van der Waals surface area contributed by atoms with Crippen molar-refractivity contribution in [2.24, 2.45) is 5.92 Å². The zero-order chi connectivity index (χ0) is 12.3. The summed E-state index contributed by atoms with van der Waals surface area (Å²) in [5.74, 6) is -0.408. The molecule has 1 aliphatic carbocycles. The van der Waals surface area contributed by atoms with Crippen LogP contribution in [-0.2, 0) is 4.79 Å². The van der Waals surface area contributed by atoms with Gasteiger partial charge in [0.25, 0.3) is 0 Å². The molecule has 0 spiro atoms. The smallest absolute Gasteiger partial charge is 0.303 e. The lowest BCUT2D eigenvalue weighted by Gasteiger charge is -2.27. The third kappa shape index (κ3) is 2.84. The predicted octanol–water partition coefficient (Wildman–Crippen LogP) is 1.96. The fraction of sp³-hybridized carbons (Fsp3) is 0.583. The molecule has 1 N–H and O–H groups in total. The van der Waals surface area contributed by atoms with Crippen molar-refractivity contribution in [3.8, 4) is 6.07 Å². The van der Waals surface area contributed by atoms with E-state index in [9.17, 15) is 4.79 Å². The SMILES string of the molecule is N#Cc1cnn(C2CCC(CC(=O)O)CC2)c1. The second kappa shape index (κ2) is 5.00. The summed E-state index contributed by atoms with van der Waals surface area (Å²) in [7, 11) is 0. The van der Waals surface area contributed by atoms with Crippen LogP contribution in [0.3, 0.4) is 0 Å². The second-order valence-corrected chi connectivity index (χ2v) is 4.59. The minimum Gasteiger partial charge on any atom is -0.481 e. The topological polar surface area (TPSA) is 78.9 Å². The molecule has 0 atom stereocenters. The van der Waals surface area contributed by atoms with Gasteiger partial charge in [0.1, 0.15) is 6.07 Å². The summed E-state index contributed by atoms with van der Waals surface area (Å²) >= 11 is 0. The molecule has 1 aromatic heterocycles. The predicted molar refractivity (Wildman–Crippen MR) is 60.2 cm³/mol. The van der Waals surface area contributed by atoms with Gasteiger partial charge in [-0.2, -0.15) is 10.4 Å². The van der Waals surface area contributed by atoms with Crippen molar-refractivity contribution in [2.45, 2.75) is 38.1 Å². The lowest BCUT2D eigenvalue weighted by atomic mass is 9.84. The number of nitriles is 1. The van der Waals surface area contributed by atoms with Crippen LogP contribution in [0.2, 0.25) is 0 Å². The van der Waals surface area contributed by atoms with Crippen LogP contribution >= 0.6 is 0 Å². The van der Waals surface area contributed by atoms with Gasteiger partial charge in [0.2, 0.25) is 0 Å². The number of hydrogen-bond donors (Lipinski definition) is 1. The van der Waals surface area contributed by atoms with Crippen molar-refractivity contribution in [3.05, 3.63) is 18.0 Å². The van der Waals surface area contributed by atoms with Gasteiger partial charge in [-0.25, -0.2) is 0 Å². The molecule has 1 fully saturated rings. The zero-order valence-corrected chi connectivity index (χ0v) is 9.54. The van der Waals surface area contributed by atoms with Crippen LogP contribution < -0.4 is 0 Å². The Morgan fingerprint density at radius 3 is 2.76 bits per heavy atom. The summed E-state index contributed by atoms with van der Waals surface area (Å²) < 4.78 is 1.84. The van der Waals surface area contributed by atoms with Crippen molar-refractivity contribution in [2.75, 3.05) is 0 Å². The number of carboxylic acid groups (broad SMARTS) is 1. The summed E-state index contributed by atoms with van der Waals surface area (Å²) in [6, 6.07) is 2.38. The molecule has 0 aliphatic heterocycles. The molecule has 90 valence electrons. The van der Waals surface area contributed by atoms with E-state index < -0.39 is 5.97 Å². The normalized spacial score (nSPS) is 24.2. The Balaban J connectivity index is 1.91. The molecule has 5 heteroatoms. The first-order valence-corrected chi connectivity index (χ1v) is 5.85. The molecule has 0 radical (unpaired) electrons. The Hall–Kier alpha value is -1.83. The molecule has 0 bridgehead atoms. The zero-order valence-electron chi connectivity index (χ0n) is 9.54. The Kier molecular flexibility index (Phi) is 3.43. The van der Waals surface area contributed by atoms with Crippen LogP contribution in [0.15, 0.2) is 12.4 Å². The van der Waals surface area contributed by atoms with E-state index in [1.54, 1.807) is 12.4 Å². The number of aromatic nitrogens is 2. The van der Waals surface area contributed by atoms with Crippen molar-refractivity contribution in [1.29, 1.82) is 5.26 Å². The lowest BCUT2D eigenvalue weighted by Crippen LogP contribution is -2.20. The Morgan fingerprint density at radius 2 is 2.24 bits per heavy atom. The largest absolute Gasteiger partial charge is 0.481 e. The summed E-state index contributed by atoms with van der Waals surface area (Å²) in [5, 5.41) is 21.6. The molecular formula is C12H15N3O2. The number of carboxylic acids is 1. The maximum absolute atomic E-state index is 10.6. The van der Waals surface area contributed by atoms with Gasteiger partial charge in [-0.05, 0) is 31.6 Å². The summed E-state index contributed by atoms with van der Waals surface area (Å²) in [5.41, 5.74) is 0.581. The molecule has 0 aromatic carbocycles. The van der Waals surface area contributed by atoms with E-state index in [2.05, 4.69) is 11.2 Å². The van der Waals surface area contributed by atoms with E-state index in [1.807, 2.05) is 4.68 Å². The van der Waals surface area contributed by atoms with Crippen LogP contribution in [0.25, 0.3) is 0 Å². The number of nitrogens with zero attached hydrogens (tertiary/aromatic N) is 3. The van der Waals surface area contributed by atoms with Crippen LogP contribution in [0.5, 0.6) is 0 Å². The molecule has 0 saturated heterocycles. The fourth-order valence-corrected chi connectivity index (χ4v) is 2.46. The van der Waals surface area contributed by atoms with Gasteiger partial charge in [-0.3, -0.25) is 9.48 Å². The maximum Gasteiger partial charge on any atom is 0.303 e. The number of rotatable bonds is 3. The highest BCUT2D eigenvalue weighted by molar-refractivity contribution is 5.67. The van der Waals surface area contributed by atoms with Crippen molar-refractivity contribution in [1.82, 2.24) is 9.78 Å². The third-order valence-electron chi connectivity index (χ3n) is 3.38. The third-order valence-corrected chi connectivity index (χ3v) is 3.38. The standard InChI is InChI=1S/C12H15N3O2/c13-6-10-7-14-15(8-10)11-3-1-9(2-4-11)5-12(16)17/h7-9,11H,1-5H2,(H,16,17). The Morgan fingerprint density at radius 1 is 1.53 bits per heavy atom. The molecule has 0 amide bonds. The molecule has 0 unspecified atom stereocenters. The van der Waals surface area contributed by atoms with E-state index in [0.29, 0.717) is 17.5 Å². The van der Waals surface area contributed by atoms with Gasteiger partial charge in [-0.1, -0.05) is 0 Å². The van der Waals surface area contributed by atoms with Gasteiger partial charge in [0.15, 0.2) is 0 Å². The summed E-state index contributed by atoms with van der Waals surface area (Å²) in [6.45, 7) is 0. The molecule has 17 heavy (non-hydrogen) atoms. The first kappa shape index (κ1) is 11.6. The fourth-order valence-electron chi connectivity index (χ4n) is 2.46. The highest BCUT2D eigenvalue weighted by Crippen LogP contribution is 2.33.